The van der Waals surface area contributed by atoms with Crippen molar-refractivity contribution in [2.45, 2.75) is 18.9 Å². The molecule has 2 nitrogen and oxygen atoms in total. The summed E-state index contributed by atoms with van der Waals surface area (Å²) in [6.45, 7) is 0. The fourth-order valence-corrected chi connectivity index (χ4v) is 1.82. The maximum Gasteiger partial charge on any atom is 0.220 e. The summed E-state index contributed by atoms with van der Waals surface area (Å²) in [4.78, 5) is 11.0. The van der Waals surface area contributed by atoms with E-state index in [1.807, 2.05) is 24.3 Å². The Morgan fingerprint density at radius 2 is 2.00 bits per heavy atom. The molecule has 0 radical (unpaired) electrons. The third kappa shape index (κ3) is 1.91. The van der Waals surface area contributed by atoms with Gasteiger partial charge in [0.05, 0.1) is 6.04 Å². The molecule has 1 aromatic carbocycles. The quantitative estimate of drug-likeness (QED) is 0.802. The molecule has 1 aliphatic heterocycles. The Balaban J connectivity index is 2.17. The molecule has 1 heterocycles. The first kappa shape index (κ1) is 8.75. The van der Waals surface area contributed by atoms with E-state index < -0.39 is 0 Å². The van der Waals surface area contributed by atoms with Gasteiger partial charge in [0.25, 0.3) is 0 Å². The Bertz CT molecular complexity index is 320. The van der Waals surface area contributed by atoms with Gasteiger partial charge in [0.2, 0.25) is 5.91 Å². The number of amides is 1. The largest absolute Gasteiger partial charge is 0.349 e. The number of rotatable bonds is 1. The second kappa shape index (κ2) is 3.50. The normalized spacial score (nSPS) is 21.6. The van der Waals surface area contributed by atoms with E-state index in [-0.39, 0.29) is 11.9 Å². The SMILES string of the molecule is O=C1CC[C@@H](c2ccc(Br)cc2)N1. The number of nitrogens with one attached hydrogen (secondary N) is 1. The summed E-state index contributed by atoms with van der Waals surface area (Å²) in [7, 11) is 0. The van der Waals surface area contributed by atoms with E-state index in [4.69, 9.17) is 0 Å². The molecule has 0 unspecified atom stereocenters. The molecule has 1 aromatic rings. The average Bonchev–Trinajstić information content (AvgIpc) is 2.53. The first-order chi connectivity index (χ1) is 6.25. The number of benzene rings is 1. The van der Waals surface area contributed by atoms with Crippen LogP contribution in [0.15, 0.2) is 28.7 Å². The van der Waals surface area contributed by atoms with Crippen molar-refractivity contribution in [3.63, 3.8) is 0 Å². The molecule has 0 saturated carbocycles. The number of hydrogen-bond acceptors (Lipinski definition) is 1. The number of carbonyl (C=O) groups is 1. The van der Waals surface area contributed by atoms with Gasteiger partial charge in [0.15, 0.2) is 0 Å². The van der Waals surface area contributed by atoms with Crippen molar-refractivity contribution in [3.05, 3.63) is 34.3 Å². The Hall–Kier alpha value is -0.830. The van der Waals surface area contributed by atoms with E-state index in [0.29, 0.717) is 6.42 Å². The fraction of sp³-hybridized carbons (Fsp3) is 0.300. The molecule has 1 N–H and O–H groups in total. The predicted octanol–water partition coefficient (Wildman–Crippen LogP) is 2.40. The fourth-order valence-electron chi connectivity index (χ4n) is 1.56. The Kier molecular flexibility index (Phi) is 2.36. The maximum absolute atomic E-state index is 11.0. The van der Waals surface area contributed by atoms with Crippen LogP contribution in [0.4, 0.5) is 0 Å². The standard InChI is InChI=1S/C10H10BrNO/c11-8-3-1-7(2-4-8)9-5-6-10(13)12-9/h1-4,9H,5-6H2,(H,12,13)/t9-/m0/s1. The maximum atomic E-state index is 11.0. The van der Waals surface area contributed by atoms with Gasteiger partial charge in [-0.25, -0.2) is 0 Å². The molecule has 0 aliphatic carbocycles. The molecule has 68 valence electrons. The summed E-state index contributed by atoms with van der Waals surface area (Å²) < 4.78 is 1.07. The lowest BCUT2D eigenvalue weighted by atomic mass is 10.1. The lowest BCUT2D eigenvalue weighted by molar-refractivity contribution is -0.119. The van der Waals surface area contributed by atoms with Crippen LogP contribution in [0.5, 0.6) is 0 Å². The van der Waals surface area contributed by atoms with E-state index >= 15 is 0 Å². The lowest BCUT2D eigenvalue weighted by Gasteiger charge is -2.09. The van der Waals surface area contributed by atoms with Crippen LogP contribution < -0.4 is 5.32 Å². The minimum atomic E-state index is 0.160. The molecule has 13 heavy (non-hydrogen) atoms. The van der Waals surface area contributed by atoms with E-state index in [2.05, 4.69) is 21.2 Å². The molecule has 0 bridgehead atoms. The Labute approximate surface area is 85.5 Å². The van der Waals surface area contributed by atoms with Gasteiger partial charge in [-0.15, -0.1) is 0 Å². The van der Waals surface area contributed by atoms with E-state index in [9.17, 15) is 4.79 Å². The van der Waals surface area contributed by atoms with Crippen molar-refractivity contribution in [3.8, 4) is 0 Å². The molecular formula is C10H10BrNO. The van der Waals surface area contributed by atoms with Crippen LogP contribution in [0.3, 0.4) is 0 Å². The van der Waals surface area contributed by atoms with Gasteiger partial charge in [0.1, 0.15) is 0 Å². The van der Waals surface area contributed by atoms with Crippen LogP contribution in [-0.2, 0) is 4.79 Å². The summed E-state index contributed by atoms with van der Waals surface area (Å²) in [5.74, 6) is 0.160. The molecule has 1 amide bonds. The first-order valence-corrected chi connectivity index (χ1v) is 5.10. The van der Waals surface area contributed by atoms with Crippen molar-refractivity contribution in [1.82, 2.24) is 5.32 Å². The molecule has 1 fully saturated rings. The van der Waals surface area contributed by atoms with Crippen molar-refractivity contribution in [2.24, 2.45) is 0 Å². The molecule has 3 heteroatoms. The van der Waals surface area contributed by atoms with Crippen LogP contribution in [0, 0.1) is 0 Å². The number of halogens is 1. The molecular weight excluding hydrogens is 230 g/mol. The second-order valence-electron chi connectivity index (χ2n) is 3.21. The summed E-state index contributed by atoms with van der Waals surface area (Å²) in [6.07, 6.45) is 1.57. The smallest absolute Gasteiger partial charge is 0.220 e. The third-order valence-corrected chi connectivity index (χ3v) is 2.80. The molecule has 2 rings (SSSR count). The van der Waals surface area contributed by atoms with Gasteiger partial charge in [-0.3, -0.25) is 4.79 Å². The van der Waals surface area contributed by atoms with Gasteiger partial charge >= 0.3 is 0 Å². The van der Waals surface area contributed by atoms with Crippen LogP contribution in [0.2, 0.25) is 0 Å². The summed E-state index contributed by atoms with van der Waals surface area (Å²) in [5, 5.41) is 2.94. The summed E-state index contributed by atoms with van der Waals surface area (Å²) >= 11 is 3.38. The van der Waals surface area contributed by atoms with Gasteiger partial charge in [-0.2, -0.15) is 0 Å². The second-order valence-corrected chi connectivity index (χ2v) is 4.13. The van der Waals surface area contributed by atoms with E-state index in [1.54, 1.807) is 0 Å². The van der Waals surface area contributed by atoms with Crippen LogP contribution >= 0.6 is 15.9 Å². The zero-order valence-corrected chi connectivity index (χ0v) is 8.67. The van der Waals surface area contributed by atoms with Gasteiger partial charge < -0.3 is 5.32 Å². The minimum Gasteiger partial charge on any atom is -0.349 e. The third-order valence-electron chi connectivity index (χ3n) is 2.27. The molecule has 0 aromatic heterocycles. The molecule has 1 saturated heterocycles. The predicted molar refractivity (Wildman–Crippen MR) is 54.3 cm³/mol. The van der Waals surface area contributed by atoms with Gasteiger partial charge in [-0.1, -0.05) is 28.1 Å². The van der Waals surface area contributed by atoms with Crippen LogP contribution in [-0.4, -0.2) is 5.91 Å². The van der Waals surface area contributed by atoms with Crippen molar-refractivity contribution in [1.29, 1.82) is 0 Å². The minimum absolute atomic E-state index is 0.160. The van der Waals surface area contributed by atoms with Crippen molar-refractivity contribution < 1.29 is 4.79 Å². The van der Waals surface area contributed by atoms with Crippen molar-refractivity contribution in [2.75, 3.05) is 0 Å². The van der Waals surface area contributed by atoms with Crippen LogP contribution in [0.1, 0.15) is 24.4 Å². The van der Waals surface area contributed by atoms with Gasteiger partial charge in [-0.05, 0) is 24.1 Å². The topological polar surface area (TPSA) is 29.1 Å². The average molecular weight is 240 g/mol. The zero-order chi connectivity index (χ0) is 9.26. The van der Waals surface area contributed by atoms with Crippen molar-refractivity contribution >= 4 is 21.8 Å². The first-order valence-electron chi connectivity index (χ1n) is 4.30. The summed E-state index contributed by atoms with van der Waals surface area (Å²) in [6, 6.07) is 8.31. The van der Waals surface area contributed by atoms with Crippen LogP contribution in [0.25, 0.3) is 0 Å². The highest BCUT2D eigenvalue weighted by Crippen LogP contribution is 2.24. The highest BCUT2D eigenvalue weighted by atomic mass is 79.9. The monoisotopic (exact) mass is 239 g/mol. The summed E-state index contributed by atoms with van der Waals surface area (Å²) in [5.41, 5.74) is 1.19. The van der Waals surface area contributed by atoms with Gasteiger partial charge in [0, 0.05) is 10.9 Å². The van der Waals surface area contributed by atoms with E-state index in [1.165, 1.54) is 5.56 Å². The Morgan fingerprint density at radius 3 is 2.54 bits per heavy atom. The van der Waals surface area contributed by atoms with E-state index in [0.717, 1.165) is 10.9 Å². The molecule has 0 spiro atoms. The number of carbonyl (C=O) groups excluding carboxylic acids is 1. The highest BCUT2D eigenvalue weighted by molar-refractivity contribution is 9.10. The molecule has 1 aliphatic rings. The molecule has 1 atom stereocenters. The lowest BCUT2D eigenvalue weighted by Crippen LogP contribution is -2.18. The number of hydrogen-bond donors (Lipinski definition) is 1. The zero-order valence-electron chi connectivity index (χ0n) is 7.09. The highest BCUT2D eigenvalue weighted by Gasteiger charge is 2.21. The Morgan fingerprint density at radius 1 is 1.31 bits per heavy atom.